The SMILES string of the molecule is CN=C(CCc1cc(OC)c2nc(C)c(C)n2n1)N=C(N)N1CCCC1. The largest absolute Gasteiger partial charge is 0.493 e. The summed E-state index contributed by atoms with van der Waals surface area (Å²) in [5, 5.41) is 4.70. The molecule has 0 aromatic carbocycles. The molecule has 8 heteroatoms. The molecule has 1 fully saturated rings. The van der Waals surface area contributed by atoms with Crippen molar-refractivity contribution in [3.63, 3.8) is 0 Å². The van der Waals surface area contributed by atoms with E-state index < -0.39 is 0 Å². The Labute approximate surface area is 153 Å². The smallest absolute Gasteiger partial charge is 0.197 e. The van der Waals surface area contributed by atoms with E-state index in [4.69, 9.17) is 15.6 Å². The van der Waals surface area contributed by atoms with Crippen LogP contribution in [0.1, 0.15) is 36.3 Å². The molecule has 0 unspecified atom stereocenters. The topological polar surface area (TPSA) is 93.4 Å². The highest BCUT2D eigenvalue weighted by atomic mass is 16.5. The first-order valence-corrected chi connectivity index (χ1v) is 8.98. The molecule has 1 aliphatic heterocycles. The molecule has 3 rings (SSSR count). The van der Waals surface area contributed by atoms with Gasteiger partial charge in [0.05, 0.1) is 24.2 Å². The van der Waals surface area contributed by atoms with Gasteiger partial charge in [-0.25, -0.2) is 14.5 Å². The van der Waals surface area contributed by atoms with E-state index in [1.807, 2.05) is 24.4 Å². The van der Waals surface area contributed by atoms with E-state index >= 15 is 0 Å². The predicted octanol–water partition coefficient (Wildman–Crippen LogP) is 1.73. The molecule has 26 heavy (non-hydrogen) atoms. The van der Waals surface area contributed by atoms with Crippen molar-refractivity contribution in [2.24, 2.45) is 15.7 Å². The summed E-state index contributed by atoms with van der Waals surface area (Å²) in [6.45, 7) is 5.92. The van der Waals surface area contributed by atoms with Crippen LogP contribution in [0.25, 0.3) is 5.65 Å². The summed E-state index contributed by atoms with van der Waals surface area (Å²) in [4.78, 5) is 15.4. The molecule has 0 amide bonds. The number of aliphatic imine (C=N–C) groups is 2. The van der Waals surface area contributed by atoms with E-state index in [1.54, 1.807) is 14.2 Å². The summed E-state index contributed by atoms with van der Waals surface area (Å²) in [5.74, 6) is 2.01. The van der Waals surface area contributed by atoms with E-state index in [2.05, 4.69) is 19.9 Å². The van der Waals surface area contributed by atoms with E-state index in [0.717, 1.165) is 47.4 Å². The second-order valence-electron chi connectivity index (χ2n) is 6.53. The molecular weight excluding hydrogens is 330 g/mol. The van der Waals surface area contributed by atoms with Crippen LogP contribution < -0.4 is 10.5 Å². The van der Waals surface area contributed by atoms with Crippen molar-refractivity contribution in [3.05, 3.63) is 23.1 Å². The molecule has 0 spiro atoms. The Bertz CT molecular complexity index is 847. The highest BCUT2D eigenvalue weighted by molar-refractivity contribution is 5.95. The van der Waals surface area contributed by atoms with Crippen LogP contribution >= 0.6 is 0 Å². The number of hydrogen-bond donors (Lipinski definition) is 1. The van der Waals surface area contributed by atoms with Gasteiger partial charge < -0.3 is 15.4 Å². The summed E-state index contributed by atoms with van der Waals surface area (Å²) >= 11 is 0. The number of nitrogens with two attached hydrogens (primary N) is 1. The Morgan fingerprint density at radius 2 is 2.04 bits per heavy atom. The zero-order chi connectivity index (χ0) is 18.7. The van der Waals surface area contributed by atoms with Gasteiger partial charge in [-0.2, -0.15) is 5.10 Å². The molecule has 0 saturated carbocycles. The molecule has 0 bridgehead atoms. The number of rotatable bonds is 4. The fourth-order valence-corrected chi connectivity index (χ4v) is 3.13. The van der Waals surface area contributed by atoms with Crippen molar-refractivity contribution in [3.8, 4) is 5.75 Å². The number of ether oxygens (including phenoxy) is 1. The highest BCUT2D eigenvalue weighted by Gasteiger charge is 2.15. The Balaban J connectivity index is 1.77. The van der Waals surface area contributed by atoms with Gasteiger partial charge in [0.2, 0.25) is 0 Å². The van der Waals surface area contributed by atoms with Gasteiger partial charge in [0.25, 0.3) is 0 Å². The van der Waals surface area contributed by atoms with E-state index in [-0.39, 0.29) is 0 Å². The van der Waals surface area contributed by atoms with E-state index in [1.165, 1.54) is 12.8 Å². The summed E-state index contributed by atoms with van der Waals surface area (Å²) in [5.41, 5.74) is 9.73. The number of hydrogen-bond acceptors (Lipinski definition) is 4. The van der Waals surface area contributed by atoms with Gasteiger partial charge in [0, 0.05) is 32.6 Å². The number of imidazole rings is 1. The molecule has 2 aromatic heterocycles. The van der Waals surface area contributed by atoms with Crippen LogP contribution in [0.15, 0.2) is 16.1 Å². The minimum atomic E-state index is 0.560. The Morgan fingerprint density at radius 3 is 2.69 bits per heavy atom. The standard InChI is InChI=1S/C18H27N7O/c1-12-13(2)25-17(21-12)15(26-4)11-14(23-25)7-8-16(20-3)22-18(19)24-9-5-6-10-24/h11H,5-10H2,1-4H3,(H2,19,20,22). The molecule has 1 aliphatic rings. The minimum absolute atomic E-state index is 0.560. The Kier molecular flexibility index (Phi) is 5.39. The molecule has 1 saturated heterocycles. The van der Waals surface area contributed by atoms with Crippen LogP contribution in [0, 0.1) is 13.8 Å². The fourth-order valence-electron chi connectivity index (χ4n) is 3.13. The fraction of sp³-hybridized carbons (Fsp3) is 0.556. The number of likely N-dealkylation sites (tertiary alicyclic amines) is 1. The number of fused-ring (bicyclic) bond motifs is 1. The summed E-state index contributed by atoms with van der Waals surface area (Å²) in [6, 6.07) is 1.93. The van der Waals surface area contributed by atoms with Gasteiger partial charge in [-0.1, -0.05) is 0 Å². The van der Waals surface area contributed by atoms with Crippen LogP contribution in [0.4, 0.5) is 0 Å². The monoisotopic (exact) mass is 357 g/mol. The number of aryl methyl sites for hydroxylation is 3. The molecule has 8 nitrogen and oxygen atoms in total. The van der Waals surface area contributed by atoms with Crippen molar-refractivity contribution < 1.29 is 4.74 Å². The molecule has 2 aromatic rings. The molecular formula is C18H27N7O. The zero-order valence-electron chi connectivity index (χ0n) is 16.0. The number of guanidine groups is 1. The lowest BCUT2D eigenvalue weighted by molar-refractivity contribution is 0.414. The second-order valence-corrected chi connectivity index (χ2v) is 6.53. The molecule has 2 N–H and O–H groups in total. The van der Waals surface area contributed by atoms with Crippen LogP contribution in [0.2, 0.25) is 0 Å². The van der Waals surface area contributed by atoms with Gasteiger partial charge in [0.1, 0.15) is 5.84 Å². The maximum atomic E-state index is 6.11. The van der Waals surface area contributed by atoms with Crippen molar-refractivity contribution in [1.82, 2.24) is 19.5 Å². The van der Waals surface area contributed by atoms with Crippen LogP contribution in [-0.4, -0.2) is 58.5 Å². The van der Waals surface area contributed by atoms with Crippen molar-refractivity contribution in [1.29, 1.82) is 0 Å². The zero-order valence-corrected chi connectivity index (χ0v) is 16.0. The Hall–Kier alpha value is -2.64. The van der Waals surface area contributed by atoms with Crippen LogP contribution in [0.5, 0.6) is 5.75 Å². The average Bonchev–Trinajstić information content (AvgIpc) is 3.27. The molecule has 0 aliphatic carbocycles. The third-order valence-electron chi connectivity index (χ3n) is 4.82. The lowest BCUT2D eigenvalue weighted by Gasteiger charge is -2.16. The van der Waals surface area contributed by atoms with E-state index in [9.17, 15) is 0 Å². The van der Waals surface area contributed by atoms with Crippen molar-refractivity contribution in [2.45, 2.75) is 39.5 Å². The van der Waals surface area contributed by atoms with Crippen LogP contribution in [0.3, 0.4) is 0 Å². The number of aromatic nitrogens is 3. The van der Waals surface area contributed by atoms with Gasteiger partial charge in [-0.3, -0.25) is 4.99 Å². The lowest BCUT2D eigenvalue weighted by atomic mass is 10.2. The molecule has 140 valence electrons. The molecule has 3 heterocycles. The number of nitrogens with zero attached hydrogens (tertiary/aromatic N) is 6. The second kappa shape index (κ2) is 7.72. The highest BCUT2D eigenvalue weighted by Crippen LogP contribution is 2.22. The number of methoxy groups -OCH3 is 1. The first-order valence-electron chi connectivity index (χ1n) is 8.98. The number of amidine groups is 1. The maximum absolute atomic E-state index is 6.11. The van der Waals surface area contributed by atoms with Gasteiger partial charge in [0.15, 0.2) is 17.4 Å². The normalized spacial score (nSPS) is 15.9. The third-order valence-corrected chi connectivity index (χ3v) is 4.82. The quantitative estimate of drug-likeness (QED) is 0.664. The average molecular weight is 357 g/mol. The summed E-state index contributed by atoms with van der Waals surface area (Å²) < 4.78 is 7.34. The molecule has 0 radical (unpaired) electrons. The Morgan fingerprint density at radius 1 is 1.31 bits per heavy atom. The van der Waals surface area contributed by atoms with Gasteiger partial charge >= 0.3 is 0 Å². The minimum Gasteiger partial charge on any atom is -0.493 e. The predicted molar refractivity (Wildman–Crippen MR) is 103 cm³/mol. The summed E-state index contributed by atoms with van der Waals surface area (Å²) in [6.07, 6.45) is 3.70. The van der Waals surface area contributed by atoms with Gasteiger partial charge in [-0.15, -0.1) is 0 Å². The first-order chi connectivity index (χ1) is 12.5. The van der Waals surface area contributed by atoms with Crippen molar-refractivity contribution >= 4 is 17.4 Å². The maximum Gasteiger partial charge on any atom is 0.197 e. The van der Waals surface area contributed by atoms with Crippen LogP contribution in [-0.2, 0) is 6.42 Å². The first kappa shape index (κ1) is 18.2. The lowest BCUT2D eigenvalue weighted by Crippen LogP contribution is -2.35. The summed E-state index contributed by atoms with van der Waals surface area (Å²) in [7, 11) is 3.40. The van der Waals surface area contributed by atoms with Gasteiger partial charge in [-0.05, 0) is 33.1 Å². The van der Waals surface area contributed by atoms with Crippen molar-refractivity contribution in [2.75, 3.05) is 27.2 Å². The van der Waals surface area contributed by atoms with E-state index in [0.29, 0.717) is 18.8 Å². The molecule has 0 atom stereocenters. The third kappa shape index (κ3) is 3.63.